The van der Waals surface area contributed by atoms with Gasteiger partial charge in [0.15, 0.2) is 0 Å². The van der Waals surface area contributed by atoms with Crippen LogP contribution in [-0.4, -0.2) is 0 Å². The van der Waals surface area contributed by atoms with Gasteiger partial charge in [-0.2, -0.15) is 0 Å². The molecule has 0 nitrogen and oxygen atoms in total. The van der Waals surface area contributed by atoms with Crippen molar-refractivity contribution in [1.82, 2.24) is 0 Å². The van der Waals surface area contributed by atoms with Gasteiger partial charge < -0.3 is 24.8 Å². The average Bonchev–Trinajstić information content (AvgIpc) is 2.97. The molecular formula is C22H22Cl2Ti. The molecule has 0 heterocycles. The van der Waals surface area contributed by atoms with Gasteiger partial charge in [-0.1, -0.05) is 0 Å². The van der Waals surface area contributed by atoms with E-state index in [1.54, 1.807) is 22.3 Å². The summed E-state index contributed by atoms with van der Waals surface area (Å²) in [6, 6.07) is 18.1. The molecule has 2 unspecified atom stereocenters. The largest absolute Gasteiger partial charge is 1.00 e. The van der Waals surface area contributed by atoms with Crippen molar-refractivity contribution >= 4 is 11.1 Å². The molecule has 3 heteroatoms. The summed E-state index contributed by atoms with van der Waals surface area (Å²) in [5, 5.41) is 0. The Morgan fingerprint density at radius 2 is 0.960 bits per heavy atom. The monoisotopic (exact) mass is 404 g/mol. The van der Waals surface area contributed by atoms with Gasteiger partial charge in [0, 0.05) is 0 Å². The fourth-order valence-corrected chi connectivity index (χ4v) is 7.43. The van der Waals surface area contributed by atoms with E-state index in [-0.39, 0.29) is 44.0 Å². The van der Waals surface area contributed by atoms with Gasteiger partial charge in [-0.25, -0.2) is 0 Å². The van der Waals surface area contributed by atoms with Crippen molar-refractivity contribution in [2.45, 2.75) is 36.1 Å². The zero-order valence-electron chi connectivity index (χ0n) is 15.0. The normalized spacial score (nSPS) is 20.5. The third-order valence-corrected chi connectivity index (χ3v) is 9.10. The minimum absolute atomic E-state index is 0. The molecule has 0 saturated carbocycles. The summed E-state index contributed by atoms with van der Waals surface area (Å²) in [4.78, 5) is 0. The van der Waals surface area contributed by atoms with Crippen LogP contribution in [0.4, 0.5) is 0 Å². The summed E-state index contributed by atoms with van der Waals surface area (Å²) in [6.45, 7) is 9.32. The Bertz CT molecular complexity index is 792. The second-order valence-corrected chi connectivity index (χ2v) is 9.15. The number of hydrogen-bond acceptors (Lipinski definition) is 0. The number of allylic oxidation sites excluding steroid dienone is 4. The van der Waals surface area contributed by atoms with E-state index in [9.17, 15) is 0 Å². The van der Waals surface area contributed by atoms with Crippen LogP contribution in [-0.2, 0) is 19.2 Å². The van der Waals surface area contributed by atoms with E-state index in [1.165, 1.54) is 22.3 Å². The Hall–Kier alpha value is -0.786. The maximum atomic E-state index is 2.36. The minimum Gasteiger partial charge on any atom is -1.00 e. The fraction of sp³-hybridized carbons (Fsp3) is 0.273. The van der Waals surface area contributed by atoms with Crippen molar-refractivity contribution in [3.8, 4) is 0 Å². The molecule has 0 amide bonds. The summed E-state index contributed by atoms with van der Waals surface area (Å²) >= 11 is -0.175. The van der Waals surface area contributed by atoms with E-state index < -0.39 is 0 Å². The van der Waals surface area contributed by atoms with Crippen molar-refractivity contribution in [2.75, 3.05) is 0 Å². The Morgan fingerprint density at radius 3 is 1.36 bits per heavy atom. The average molecular weight is 405 g/mol. The van der Waals surface area contributed by atoms with Gasteiger partial charge >= 0.3 is 148 Å². The first-order valence-corrected chi connectivity index (χ1v) is 10.2. The third-order valence-electron chi connectivity index (χ3n) is 5.73. The molecule has 0 N–H and O–H groups in total. The Labute approximate surface area is 172 Å². The van der Waals surface area contributed by atoms with Gasteiger partial charge in [-0.3, -0.25) is 0 Å². The third kappa shape index (κ3) is 3.19. The Morgan fingerprint density at radius 1 is 0.600 bits per heavy atom. The van der Waals surface area contributed by atoms with Gasteiger partial charge in [0.2, 0.25) is 0 Å². The quantitative estimate of drug-likeness (QED) is 0.626. The first kappa shape index (κ1) is 20.5. The second-order valence-electron chi connectivity index (χ2n) is 6.82. The van der Waals surface area contributed by atoms with Gasteiger partial charge in [0.25, 0.3) is 0 Å². The van der Waals surface area contributed by atoms with Crippen LogP contribution in [0.5, 0.6) is 0 Å². The van der Waals surface area contributed by atoms with Crippen LogP contribution < -0.4 is 24.8 Å². The molecule has 2 aromatic rings. The maximum absolute atomic E-state index is 2.36. The fourth-order valence-electron chi connectivity index (χ4n) is 4.10. The number of fused-ring (bicyclic) bond motifs is 2. The smallest absolute Gasteiger partial charge is 1.00 e. The summed E-state index contributed by atoms with van der Waals surface area (Å²) in [5.74, 6) is 0. The minimum atomic E-state index is -0.175. The van der Waals surface area contributed by atoms with E-state index in [1.807, 2.05) is 0 Å². The van der Waals surface area contributed by atoms with Gasteiger partial charge in [0.05, 0.1) is 0 Å². The second kappa shape index (κ2) is 7.84. The SMILES string of the molecule is CC1=C(C)[CH]([Ti+2][CH]2C(C)=C(C)c3ccccc32)c2ccccc21.[Cl-].[Cl-]. The van der Waals surface area contributed by atoms with Crippen LogP contribution in [0, 0.1) is 0 Å². The van der Waals surface area contributed by atoms with Crippen LogP contribution >= 0.6 is 0 Å². The molecule has 0 fully saturated rings. The van der Waals surface area contributed by atoms with Gasteiger partial charge in [0.1, 0.15) is 0 Å². The Kier molecular flexibility index (Phi) is 6.44. The molecule has 4 rings (SSSR count). The number of halogens is 2. The summed E-state index contributed by atoms with van der Waals surface area (Å²) in [6.07, 6.45) is 0. The molecule has 0 aromatic heterocycles. The molecule has 2 atom stereocenters. The predicted molar refractivity (Wildman–Crippen MR) is 94.9 cm³/mol. The molecule has 0 bridgehead atoms. The summed E-state index contributed by atoms with van der Waals surface area (Å²) in [5.41, 5.74) is 12.4. The number of rotatable bonds is 2. The van der Waals surface area contributed by atoms with Crippen LogP contribution in [0.3, 0.4) is 0 Å². The van der Waals surface area contributed by atoms with E-state index >= 15 is 0 Å². The molecule has 0 spiro atoms. The maximum Gasteiger partial charge on any atom is -1.00 e. The van der Waals surface area contributed by atoms with Gasteiger partial charge in [-0.05, 0) is 0 Å². The molecule has 25 heavy (non-hydrogen) atoms. The topological polar surface area (TPSA) is 0 Å². The first-order chi connectivity index (χ1) is 11.1. The van der Waals surface area contributed by atoms with Crippen LogP contribution in [0.2, 0.25) is 0 Å². The molecular weight excluding hydrogens is 383 g/mol. The predicted octanol–water partition coefficient (Wildman–Crippen LogP) is 0.174. The van der Waals surface area contributed by atoms with E-state index in [0.717, 1.165) is 0 Å². The molecule has 128 valence electrons. The van der Waals surface area contributed by atoms with Crippen molar-refractivity contribution in [3.63, 3.8) is 0 Å². The van der Waals surface area contributed by atoms with Crippen LogP contribution in [0.1, 0.15) is 58.4 Å². The van der Waals surface area contributed by atoms with E-state index in [0.29, 0.717) is 8.45 Å². The van der Waals surface area contributed by atoms with Crippen molar-refractivity contribution in [1.29, 1.82) is 0 Å². The first-order valence-electron chi connectivity index (χ1n) is 8.39. The van der Waals surface area contributed by atoms with Crippen molar-refractivity contribution < 1.29 is 44.0 Å². The molecule has 2 aromatic carbocycles. The molecule has 2 aliphatic rings. The standard InChI is InChI=1S/2C11H11.2ClH.Ti/c2*1-8-7-10-5-3-4-6-11(10)9(8)2;;;/h2*3-7H,1-2H3;2*1H;/q;;;;+2/p-2. The molecule has 2 aliphatic carbocycles. The molecule has 0 saturated heterocycles. The number of hydrogen-bond donors (Lipinski definition) is 0. The van der Waals surface area contributed by atoms with Crippen LogP contribution in [0.25, 0.3) is 11.1 Å². The summed E-state index contributed by atoms with van der Waals surface area (Å²) in [7, 11) is 0. The van der Waals surface area contributed by atoms with Crippen molar-refractivity contribution in [2.24, 2.45) is 0 Å². The summed E-state index contributed by atoms with van der Waals surface area (Å²) < 4.78 is 1.37. The van der Waals surface area contributed by atoms with E-state index in [2.05, 4.69) is 76.2 Å². The zero-order valence-corrected chi connectivity index (χ0v) is 18.1. The van der Waals surface area contributed by atoms with Gasteiger partial charge in [-0.15, -0.1) is 0 Å². The van der Waals surface area contributed by atoms with E-state index in [4.69, 9.17) is 0 Å². The zero-order chi connectivity index (χ0) is 16.1. The molecule has 0 aliphatic heterocycles. The Balaban J connectivity index is 0.00000113. The molecule has 0 radical (unpaired) electrons. The van der Waals surface area contributed by atoms with Crippen LogP contribution in [0.15, 0.2) is 59.7 Å². The van der Waals surface area contributed by atoms with Crippen molar-refractivity contribution in [3.05, 3.63) is 81.9 Å². The number of benzene rings is 2.